The fraction of sp³-hybridized carbons (Fsp3) is 0.682. The van der Waals surface area contributed by atoms with Gasteiger partial charge in [-0.05, 0) is 57.0 Å². The van der Waals surface area contributed by atoms with Gasteiger partial charge >= 0.3 is 6.09 Å². The van der Waals surface area contributed by atoms with Crippen LogP contribution in [0, 0.1) is 17.2 Å². The summed E-state index contributed by atoms with van der Waals surface area (Å²) in [6, 6.07) is 6.73. The van der Waals surface area contributed by atoms with Gasteiger partial charge in [0.25, 0.3) is 0 Å². The fourth-order valence-corrected chi connectivity index (χ4v) is 5.14. The summed E-state index contributed by atoms with van der Waals surface area (Å²) in [4.78, 5) is 14.5. The summed E-state index contributed by atoms with van der Waals surface area (Å²) >= 11 is 0. The van der Waals surface area contributed by atoms with Crippen LogP contribution < -0.4 is 0 Å². The number of carbonyl (C=O) groups is 1. The van der Waals surface area contributed by atoms with Gasteiger partial charge in [0, 0.05) is 24.9 Å². The molecule has 0 spiro atoms. The van der Waals surface area contributed by atoms with Crippen molar-refractivity contribution >= 4 is 15.1 Å². The third-order valence-electron chi connectivity index (χ3n) is 4.95. The van der Waals surface area contributed by atoms with Gasteiger partial charge in [-0.3, -0.25) is 0 Å². The average Bonchev–Trinajstić information content (AvgIpc) is 2.94. The van der Waals surface area contributed by atoms with Crippen LogP contribution in [0.3, 0.4) is 0 Å². The molecule has 0 radical (unpaired) electrons. The molecule has 1 aliphatic rings. The highest BCUT2D eigenvalue weighted by Crippen LogP contribution is 2.42. The highest BCUT2D eigenvalue weighted by atomic mass is 28.3. The molecule has 3 atom stereocenters. The molecule has 2 unspecified atom stereocenters. The molecule has 4 nitrogen and oxygen atoms in total. The molecular weight excluding hydrogens is 373 g/mol. The third-order valence-corrected chi connectivity index (χ3v) is 5.79. The average molecular weight is 410 g/mol. The maximum atomic E-state index is 13.9. The second kappa shape index (κ2) is 8.53. The van der Waals surface area contributed by atoms with Crippen molar-refractivity contribution in [2.45, 2.75) is 72.3 Å². The lowest BCUT2D eigenvalue weighted by molar-refractivity contribution is 0.0176. The van der Waals surface area contributed by atoms with E-state index in [1.54, 1.807) is 17.0 Å². The maximum absolute atomic E-state index is 13.9. The first-order valence-electron chi connectivity index (χ1n) is 10.2. The number of halogens is 1. The highest BCUT2D eigenvalue weighted by molar-refractivity contribution is 6.48. The minimum atomic E-state index is -1.30. The van der Waals surface area contributed by atoms with E-state index in [0.717, 1.165) is 5.56 Å². The SMILES string of the molecule is C[SiH](C)O[C@H](C1CN(C(=O)OC(C)(C)C)CC1c1cccc(F)c1)C(C)(C)C. The van der Waals surface area contributed by atoms with Gasteiger partial charge in [-0.2, -0.15) is 0 Å². The van der Waals surface area contributed by atoms with E-state index in [0.29, 0.717) is 13.1 Å². The van der Waals surface area contributed by atoms with E-state index in [-0.39, 0.29) is 35.3 Å². The van der Waals surface area contributed by atoms with Crippen LogP contribution in [0.2, 0.25) is 13.1 Å². The molecule has 0 aromatic heterocycles. The second-order valence-corrected chi connectivity index (χ2v) is 12.6. The van der Waals surface area contributed by atoms with E-state index in [4.69, 9.17) is 9.16 Å². The number of ether oxygens (including phenoxy) is 1. The van der Waals surface area contributed by atoms with Crippen molar-refractivity contribution in [2.75, 3.05) is 13.1 Å². The second-order valence-electron chi connectivity index (χ2n) is 10.2. The Bertz CT molecular complexity index is 681. The Kier molecular flexibility index (Phi) is 6.97. The van der Waals surface area contributed by atoms with Crippen LogP contribution in [0.5, 0.6) is 0 Å². The molecule has 1 amide bonds. The normalized spacial score (nSPS) is 21.9. The van der Waals surface area contributed by atoms with Crippen LogP contribution in [-0.4, -0.2) is 44.8 Å². The van der Waals surface area contributed by atoms with Gasteiger partial charge in [0.2, 0.25) is 0 Å². The summed E-state index contributed by atoms with van der Waals surface area (Å²) in [7, 11) is -1.30. The lowest BCUT2D eigenvalue weighted by Crippen LogP contribution is -2.43. The number of nitrogens with zero attached hydrogens (tertiary/aromatic N) is 1. The molecule has 0 N–H and O–H groups in total. The monoisotopic (exact) mass is 409 g/mol. The van der Waals surface area contributed by atoms with Gasteiger partial charge in [-0.25, -0.2) is 9.18 Å². The summed E-state index contributed by atoms with van der Waals surface area (Å²) in [5.41, 5.74) is 0.283. The summed E-state index contributed by atoms with van der Waals surface area (Å²) in [5.74, 6) is -0.150. The van der Waals surface area contributed by atoms with Crippen molar-refractivity contribution < 1.29 is 18.3 Å². The molecule has 0 bridgehead atoms. The number of hydrogen-bond acceptors (Lipinski definition) is 3. The molecule has 0 saturated carbocycles. The van der Waals surface area contributed by atoms with E-state index >= 15 is 0 Å². The number of rotatable bonds is 4. The number of benzene rings is 1. The zero-order chi connectivity index (χ0) is 21.3. The number of carbonyl (C=O) groups excluding carboxylic acids is 1. The Morgan fingerprint density at radius 2 is 1.82 bits per heavy atom. The molecule has 1 aromatic rings. The molecule has 6 heteroatoms. The van der Waals surface area contributed by atoms with Gasteiger partial charge in [-0.15, -0.1) is 0 Å². The molecule has 1 fully saturated rings. The predicted octanol–water partition coefficient (Wildman–Crippen LogP) is 5.19. The zero-order valence-electron chi connectivity index (χ0n) is 18.6. The van der Waals surface area contributed by atoms with Gasteiger partial charge in [0.15, 0.2) is 9.04 Å². The molecule has 0 aliphatic carbocycles. The lowest BCUT2D eigenvalue weighted by atomic mass is 9.75. The van der Waals surface area contributed by atoms with Crippen molar-refractivity contribution in [1.82, 2.24) is 4.90 Å². The van der Waals surface area contributed by atoms with Gasteiger partial charge in [-0.1, -0.05) is 32.9 Å². The summed E-state index contributed by atoms with van der Waals surface area (Å²) < 4.78 is 26.0. The topological polar surface area (TPSA) is 38.8 Å². The zero-order valence-corrected chi connectivity index (χ0v) is 19.7. The van der Waals surface area contributed by atoms with Crippen LogP contribution in [0.1, 0.15) is 53.0 Å². The van der Waals surface area contributed by atoms with Crippen molar-refractivity contribution in [1.29, 1.82) is 0 Å². The minimum Gasteiger partial charge on any atom is -0.444 e. The Balaban J connectivity index is 2.38. The Hall–Kier alpha value is -1.40. The van der Waals surface area contributed by atoms with Gasteiger partial charge in [0.05, 0.1) is 6.10 Å². The van der Waals surface area contributed by atoms with E-state index in [1.165, 1.54) is 6.07 Å². The predicted molar refractivity (Wildman–Crippen MR) is 114 cm³/mol. The Morgan fingerprint density at radius 3 is 2.32 bits per heavy atom. The standard InChI is InChI=1S/C22H36FNO3Si/c1-21(2,3)19(27-28(7)8)18-14-24(20(25)26-22(4,5)6)13-17(18)15-10-9-11-16(23)12-15/h9-12,17-19,28H,13-14H2,1-8H3/t17?,18?,19-/m1/s1. The fourth-order valence-electron chi connectivity index (χ4n) is 3.94. The first-order chi connectivity index (χ1) is 12.8. The number of hydrogen-bond donors (Lipinski definition) is 0. The van der Waals surface area contributed by atoms with Gasteiger partial charge < -0.3 is 14.1 Å². The van der Waals surface area contributed by atoms with Crippen LogP contribution >= 0.6 is 0 Å². The first-order valence-corrected chi connectivity index (χ1v) is 12.9. The van der Waals surface area contributed by atoms with E-state index in [2.05, 4.69) is 33.9 Å². The van der Waals surface area contributed by atoms with Crippen molar-refractivity contribution in [3.63, 3.8) is 0 Å². The molecule has 28 heavy (non-hydrogen) atoms. The van der Waals surface area contributed by atoms with Crippen LogP contribution in [0.25, 0.3) is 0 Å². The lowest BCUT2D eigenvalue weighted by Gasteiger charge is -2.39. The Labute approximate surface area is 171 Å². The minimum absolute atomic E-state index is 0.0140. The van der Waals surface area contributed by atoms with E-state index in [9.17, 15) is 9.18 Å². The molecular formula is C22H36FNO3Si. The smallest absolute Gasteiger partial charge is 0.410 e. The van der Waals surface area contributed by atoms with Crippen molar-refractivity contribution in [3.8, 4) is 0 Å². The molecule has 2 rings (SSSR count). The molecule has 1 aliphatic heterocycles. The summed E-state index contributed by atoms with van der Waals surface area (Å²) in [6.07, 6.45) is -0.328. The third kappa shape index (κ3) is 6.05. The number of amides is 1. The van der Waals surface area contributed by atoms with Gasteiger partial charge in [0.1, 0.15) is 11.4 Å². The largest absolute Gasteiger partial charge is 0.444 e. The summed E-state index contributed by atoms with van der Waals surface area (Å²) in [5, 5.41) is 0. The summed E-state index contributed by atoms with van der Waals surface area (Å²) in [6.45, 7) is 17.5. The van der Waals surface area contributed by atoms with Crippen LogP contribution in [0.4, 0.5) is 9.18 Å². The van der Waals surface area contributed by atoms with E-state index < -0.39 is 14.6 Å². The molecule has 158 valence electrons. The quantitative estimate of drug-likeness (QED) is 0.642. The Morgan fingerprint density at radius 1 is 1.18 bits per heavy atom. The molecule has 1 aromatic carbocycles. The maximum Gasteiger partial charge on any atom is 0.410 e. The van der Waals surface area contributed by atoms with Crippen molar-refractivity contribution in [2.24, 2.45) is 11.3 Å². The number of likely N-dealkylation sites (tertiary alicyclic amines) is 1. The molecule has 1 heterocycles. The van der Waals surface area contributed by atoms with Crippen LogP contribution in [0.15, 0.2) is 24.3 Å². The van der Waals surface area contributed by atoms with Crippen LogP contribution in [-0.2, 0) is 9.16 Å². The van der Waals surface area contributed by atoms with Crippen molar-refractivity contribution in [3.05, 3.63) is 35.6 Å². The highest BCUT2D eigenvalue weighted by Gasteiger charge is 2.46. The first kappa shape index (κ1) is 22.9. The van der Waals surface area contributed by atoms with E-state index in [1.807, 2.05) is 26.8 Å². The molecule has 1 saturated heterocycles.